The van der Waals surface area contributed by atoms with Gasteiger partial charge in [-0.25, -0.2) is 0 Å². The summed E-state index contributed by atoms with van der Waals surface area (Å²) < 4.78 is 18.4. The van der Waals surface area contributed by atoms with Gasteiger partial charge < -0.3 is 19.1 Å². The molecule has 0 radical (unpaired) electrons. The quantitative estimate of drug-likeness (QED) is 0.853. The molecule has 130 valence electrons. The molecule has 2 aliphatic carbocycles. The fourth-order valence-electron chi connectivity index (χ4n) is 6.22. The van der Waals surface area contributed by atoms with Crippen LogP contribution in [-0.4, -0.2) is 50.5 Å². The molecule has 0 N–H and O–H groups in total. The second kappa shape index (κ2) is 5.12. The molecule has 1 aromatic carbocycles. The van der Waals surface area contributed by atoms with Crippen molar-refractivity contribution in [3.05, 3.63) is 23.3 Å². The van der Waals surface area contributed by atoms with E-state index in [1.807, 2.05) is 0 Å². The summed E-state index contributed by atoms with van der Waals surface area (Å²) >= 11 is 0. The molecule has 2 bridgehead atoms. The van der Waals surface area contributed by atoms with Crippen molar-refractivity contribution in [3.63, 3.8) is 0 Å². The Kier molecular flexibility index (Phi) is 3.21. The summed E-state index contributed by atoms with van der Waals surface area (Å²) in [6.07, 6.45) is 5.03. The molecule has 0 aromatic heterocycles. The van der Waals surface area contributed by atoms with Gasteiger partial charge in [0, 0.05) is 23.6 Å². The Bertz CT molecular complexity index is 675. The van der Waals surface area contributed by atoms with Crippen molar-refractivity contribution in [1.82, 2.24) is 4.90 Å². The van der Waals surface area contributed by atoms with Crippen molar-refractivity contribution in [2.24, 2.45) is 5.92 Å². The van der Waals surface area contributed by atoms with Gasteiger partial charge in [-0.2, -0.15) is 0 Å². The Balaban J connectivity index is 1.73. The Morgan fingerprint density at radius 1 is 1.33 bits per heavy atom. The number of likely N-dealkylation sites (tertiary alicyclic amines) is 1. The van der Waals surface area contributed by atoms with Crippen molar-refractivity contribution in [1.29, 1.82) is 0 Å². The molecule has 1 aromatic rings. The van der Waals surface area contributed by atoms with Gasteiger partial charge in [0.15, 0.2) is 11.5 Å². The molecule has 4 nitrogen and oxygen atoms in total. The second-order valence-electron chi connectivity index (χ2n) is 7.89. The Labute approximate surface area is 144 Å². The summed E-state index contributed by atoms with van der Waals surface area (Å²) in [6.45, 7) is 4.00. The minimum Gasteiger partial charge on any atom is -0.493 e. The van der Waals surface area contributed by atoms with Gasteiger partial charge in [-0.15, -0.1) is 0 Å². The Hall–Kier alpha value is -1.26. The summed E-state index contributed by atoms with van der Waals surface area (Å²) in [5.41, 5.74) is 3.07. The molecule has 24 heavy (non-hydrogen) atoms. The van der Waals surface area contributed by atoms with E-state index in [0.717, 1.165) is 37.5 Å². The molecule has 4 aliphatic rings. The molecular formula is C20H27NO3. The SMILES string of the molecule is CCO[C@H]1CCC2C3Cc4ccc(OC)c5c4[C@@]2(CCN3C)C1O5. The highest BCUT2D eigenvalue weighted by Crippen LogP contribution is 2.64. The maximum atomic E-state index is 6.63. The number of methoxy groups -OCH3 is 1. The van der Waals surface area contributed by atoms with Crippen LogP contribution in [-0.2, 0) is 16.6 Å². The lowest BCUT2D eigenvalue weighted by atomic mass is 9.51. The van der Waals surface area contributed by atoms with E-state index in [0.29, 0.717) is 12.0 Å². The predicted octanol–water partition coefficient (Wildman–Crippen LogP) is 2.77. The van der Waals surface area contributed by atoms with E-state index in [1.54, 1.807) is 7.11 Å². The van der Waals surface area contributed by atoms with E-state index in [9.17, 15) is 0 Å². The zero-order valence-corrected chi connectivity index (χ0v) is 14.9. The van der Waals surface area contributed by atoms with Gasteiger partial charge in [0.05, 0.1) is 13.2 Å². The number of piperidine rings is 1. The molecule has 1 spiro atoms. The molecule has 4 heteroatoms. The lowest BCUT2D eigenvalue weighted by Crippen LogP contribution is -2.66. The van der Waals surface area contributed by atoms with Crippen LogP contribution < -0.4 is 9.47 Å². The number of likely N-dealkylation sites (N-methyl/N-ethyl adjacent to an activating group) is 1. The average Bonchev–Trinajstić information content (AvgIpc) is 2.94. The zero-order valence-electron chi connectivity index (χ0n) is 14.9. The van der Waals surface area contributed by atoms with Gasteiger partial charge in [-0.3, -0.25) is 0 Å². The predicted molar refractivity (Wildman–Crippen MR) is 92.0 cm³/mol. The summed E-state index contributed by atoms with van der Waals surface area (Å²) in [7, 11) is 4.05. The molecule has 0 amide bonds. The van der Waals surface area contributed by atoms with Crippen molar-refractivity contribution >= 4 is 0 Å². The summed E-state index contributed by atoms with van der Waals surface area (Å²) in [5, 5.41) is 0. The van der Waals surface area contributed by atoms with Crippen molar-refractivity contribution < 1.29 is 14.2 Å². The van der Waals surface area contributed by atoms with Gasteiger partial charge in [0.1, 0.15) is 6.10 Å². The van der Waals surface area contributed by atoms with E-state index >= 15 is 0 Å². The normalized spacial score (nSPS) is 39.3. The van der Waals surface area contributed by atoms with Gasteiger partial charge in [0.25, 0.3) is 0 Å². The average molecular weight is 329 g/mol. The van der Waals surface area contributed by atoms with Crippen LogP contribution in [0.5, 0.6) is 11.5 Å². The van der Waals surface area contributed by atoms with Crippen LogP contribution in [0.2, 0.25) is 0 Å². The van der Waals surface area contributed by atoms with Crippen LogP contribution in [0.25, 0.3) is 0 Å². The van der Waals surface area contributed by atoms with Crippen LogP contribution in [0.15, 0.2) is 12.1 Å². The highest BCUT2D eigenvalue weighted by atomic mass is 16.6. The molecule has 5 atom stereocenters. The lowest BCUT2D eigenvalue weighted by Gasteiger charge is -2.58. The number of nitrogens with zero attached hydrogens (tertiary/aromatic N) is 1. The molecule has 3 unspecified atom stereocenters. The molecule has 1 saturated heterocycles. The Morgan fingerprint density at radius 2 is 2.21 bits per heavy atom. The Morgan fingerprint density at radius 3 is 3.00 bits per heavy atom. The summed E-state index contributed by atoms with van der Waals surface area (Å²) in [4.78, 5) is 2.58. The van der Waals surface area contributed by atoms with Crippen LogP contribution in [0.3, 0.4) is 0 Å². The maximum absolute atomic E-state index is 6.63. The highest BCUT2D eigenvalue weighted by molar-refractivity contribution is 5.61. The maximum Gasteiger partial charge on any atom is 0.165 e. The second-order valence-corrected chi connectivity index (χ2v) is 7.89. The lowest BCUT2D eigenvalue weighted by molar-refractivity contribution is -0.120. The largest absolute Gasteiger partial charge is 0.493 e. The third-order valence-corrected chi connectivity index (χ3v) is 7.13. The van der Waals surface area contributed by atoms with Crippen molar-refractivity contribution in [3.8, 4) is 11.5 Å². The number of benzene rings is 1. The van der Waals surface area contributed by atoms with Gasteiger partial charge >= 0.3 is 0 Å². The number of hydrogen-bond acceptors (Lipinski definition) is 4. The minimum absolute atomic E-state index is 0.132. The third-order valence-electron chi connectivity index (χ3n) is 7.13. The monoisotopic (exact) mass is 329 g/mol. The van der Waals surface area contributed by atoms with Crippen LogP contribution >= 0.6 is 0 Å². The smallest absolute Gasteiger partial charge is 0.165 e. The first-order valence-electron chi connectivity index (χ1n) is 9.39. The van der Waals surface area contributed by atoms with E-state index in [4.69, 9.17) is 14.2 Å². The third kappa shape index (κ3) is 1.66. The van der Waals surface area contributed by atoms with Gasteiger partial charge in [-0.1, -0.05) is 6.07 Å². The van der Waals surface area contributed by atoms with Crippen LogP contribution in [0.1, 0.15) is 37.3 Å². The molecular weight excluding hydrogens is 302 g/mol. The topological polar surface area (TPSA) is 30.9 Å². The van der Waals surface area contributed by atoms with E-state index in [1.165, 1.54) is 24.0 Å². The van der Waals surface area contributed by atoms with Crippen LogP contribution in [0.4, 0.5) is 0 Å². The molecule has 5 rings (SSSR count). The fraction of sp³-hybridized carbons (Fsp3) is 0.700. The first-order valence-corrected chi connectivity index (χ1v) is 9.39. The molecule has 2 fully saturated rings. The van der Waals surface area contributed by atoms with E-state index in [2.05, 4.69) is 31.0 Å². The summed E-state index contributed by atoms with van der Waals surface area (Å²) in [5.74, 6) is 2.59. The molecule has 2 aliphatic heterocycles. The molecule has 1 saturated carbocycles. The number of hydrogen-bond donors (Lipinski definition) is 0. The number of ether oxygens (including phenoxy) is 3. The zero-order chi connectivity index (χ0) is 16.5. The first-order chi connectivity index (χ1) is 11.7. The van der Waals surface area contributed by atoms with Crippen molar-refractivity contribution in [2.75, 3.05) is 27.3 Å². The van der Waals surface area contributed by atoms with Gasteiger partial charge in [0.2, 0.25) is 0 Å². The standard InChI is InChI=1S/C20H27NO3/c1-4-23-16-8-6-13-14-11-12-5-7-15(22-3)18-17(12)20(13,19(16)24-18)9-10-21(14)2/h5,7,13-14,16,19H,4,6,8-11H2,1-3H3/t13?,14?,16-,19?,20-/m0/s1. The minimum atomic E-state index is 0.132. The van der Waals surface area contributed by atoms with Gasteiger partial charge in [-0.05, 0) is 63.7 Å². The fourth-order valence-corrected chi connectivity index (χ4v) is 6.22. The van der Waals surface area contributed by atoms with E-state index in [-0.39, 0.29) is 17.6 Å². The molecule has 2 heterocycles. The van der Waals surface area contributed by atoms with Crippen molar-refractivity contribution in [2.45, 2.75) is 56.3 Å². The highest BCUT2D eigenvalue weighted by Gasteiger charge is 2.65. The van der Waals surface area contributed by atoms with E-state index < -0.39 is 0 Å². The first kappa shape index (κ1) is 15.0. The van der Waals surface area contributed by atoms with Crippen LogP contribution in [0, 0.1) is 5.92 Å². The summed E-state index contributed by atoms with van der Waals surface area (Å²) in [6, 6.07) is 5.00. The number of rotatable bonds is 3.